The molecule has 0 fully saturated rings. The quantitative estimate of drug-likeness (QED) is 0.707. The van der Waals surface area contributed by atoms with Crippen molar-refractivity contribution in [1.82, 2.24) is 0 Å². The van der Waals surface area contributed by atoms with E-state index in [1.807, 2.05) is 13.0 Å². The molecule has 0 radical (unpaired) electrons. The van der Waals surface area contributed by atoms with Crippen molar-refractivity contribution < 1.29 is 5.11 Å². The van der Waals surface area contributed by atoms with Crippen LogP contribution in [-0.2, 0) is 19.3 Å². The molecule has 1 heteroatoms. The Labute approximate surface area is 85.1 Å². The molecule has 0 aromatic heterocycles. The van der Waals surface area contributed by atoms with Gasteiger partial charge in [0.25, 0.3) is 0 Å². The monoisotopic (exact) mass is 188 g/mol. The molecule has 0 amide bonds. The summed E-state index contributed by atoms with van der Waals surface area (Å²) >= 11 is 0. The zero-order valence-corrected chi connectivity index (χ0v) is 8.64. The summed E-state index contributed by atoms with van der Waals surface area (Å²) in [7, 11) is 0. The number of hydrogen-bond acceptors (Lipinski definition) is 1. The average Bonchev–Trinajstić information content (AvgIpc) is 2.51. The lowest BCUT2D eigenvalue weighted by Gasteiger charge is -2.07. The average molecular weight is 188 g/mol. The standard InChI is InChI=1S/C13H16O/c1-9(2)6-12-7-10-4-3-5-11(10)8-13(12)14/h7-8,14H,1,3-6H2,2H3. The van der Waals surface area contributed by atoms with Gasteiger partial charge in [0.15, 0.2) is 0 Å². The van der Waals surface area contributed by atoms with E-state index in [0.717, 1.165) is 24.0 Å². The molecule has 14 heavy (non-hydrogen) atoms. The molecule has 0 spiro atoms. The van der Waals surface area contributed by atoms with Gasteiger partial charge in [0.05, 0.1) is 0 Å². The summed E-state index contributed by atoms with van der Waals surface area (Å²) in [5.74, 6) is 0.439. The summed E-state index contributed by atoms with van der Waals surface area (Å²) in [6.07, 6.45) is 4.31. The molecular weight excluding hydrogens is 172 g/mol. The number of hydrogen-bond donors (Lipinski definition) is 1. The van der Waals surface area contributed by atoms with E-state index in [0.29, 0.717) is 5.75 Å². The van der Waals surface area contributed by atoms with Crippen molar-refractivity contribution in [1.29, 1.82) is 0 Å². The van der Waals surface area contributed by atoms with Crippen LogP contribution in [-0.4, -0.2) is 5.11 Å². The predicted molar refractivity (Wildman–Crippen MR) is 58.6 cm³/mol. The summed E-state index contributed by atoms with van der Waals surface area (Å²) < 4.78 is 0. The first-order chi connectivity index (χ1) is 6.66. The lowest BCUT2D eigenvalue weighted by molar-refractivity contribution is 0.468. The highest BCUT2D eigenvalue weighted by atomic mass is 16.3. The third kappa shape index (κ3) is 1.67. The Morgan fingerprint density at radius 3 is 2.64 bits per heavy atom. The Morgan fingerprint density at radius 1 is 1.36 bits per heavy atom. The number of aromatic hydroxyl groups is 1. The first kappa shape index (κ1) is 9.32. The maximum absolute atomic E-state index is 9.78. The SMILES string of the molecule is C=C(C)Cc1cc2c(cc1O)CCC2. The minimum absolute atomic E-state index is 0.439. The first-order valence-electron chi connectivity index (χ1n) is 5.15. The number of aryl methyl sites for hydroxylation is 2. The molecule has 1 aromatic carbocycles. The third-order valence-electron chi connectivity index (χ3n) is 2.79. The second-order valence-electron chi connectivity index (χ2n) is 4.24. The normalized spacial score (nSPS) is 14.1. The Balaban J connectivity index is 2.37. The smallest absolute Gasteiger partial charge is 0.119 e. The largest absolute Gasteiger partial charge is 0.508 e. The van der Waals surface area contributed by atoms with E-state index in [-0.39, 0.29) is 0 Å². The maximum atomic E-state index is 9.78. The van der Waals surface area contributed by atoms with Gasteiger partial charge in [-0.15, -0.1) is 0 Å². The van der Waals surface area contributed by atoms with Crippen molar-refractivity contribution in [2.45, 2.75) is 32.6 Å². The number of fused-ring (bicyclic) bond motifs is 1. The molecular formula is C13H16O. The maximum Gasteiger partial charge on any atom is 0.119 e. The van der Waals surface area contributed by atoms with E-state index >= 15 is 0 Å². The summed E-state index contributed by atoms with van der Waals surface area (Å²) in [5.41, 5.74) is 4.86. The van der Waals surface area contributed by atoms with Crippen molar-refractivity contribution in [3.8, 4) is 5.75 Å². The van der Waals surface area contributed by atoms with Crippen LogP contribution in [0.4, 0.5) is 0 Å². The van der Waals surface area contributed by atoms with Crippen LogP contribution < -0.4 is 0 Å². The van der Waals surface area contributed by atoms with Crippen LogP contribution in [0.25, 0.3) is 0 Å². The summed E-state index contributed by atoms with van der Waals surface area (Å²) in [6, 6.07) is 4.08. The zero-order chi connectivity index (χ0) is 10.1. The second-order valence-corrected chi connectivity index (χ2v) is 4.24. The molecule has 74 valence electrons. The fourth-order valence-electron chi connectivity index (χ4n) is 2.13. The third-order valence-corrected chi connectivity index (χ3v) is 2.79. The fourth-order valence-corrected chi connectivity index (χ4v) is 2.13. The lowest BCUT2D eigenvalue weighted by Crippen LogP contribution is -1.91. The van der Waals surface area contributed by atoms with Crippen LogP contribution >= 0.6 is 0 Å². The van der Waals surface area contributed by atoms with E-state index < -0.39 is 0 Å². The topological polar surface area (TPSA) is 20.2 Å². The van der Waals surface area contributed by atoms with Crippen molar-refractivity contribution in [2.24, 2.45) is 0 Å². The minimum atomic E-state index is 0.439. The number of phenolic OH excluding ortho intramolecular Hbond substituents is 1. The molecule has 0 bridgehead atoms. The number of benzene rings is 1. The Morgan fingerprint density at radius 2 is 2.00 bits per heavy atom. The number of allylic oxidation sites excluding steroid dienone is 1. The van der Waals surface area contributed by atoms with Gasteiger partial charge < -0.3 is 5.11 Å². The highest BCUT2D eigenvalue weighted by molar-refractivity contribution is 5.45. The molecule has 0 saturated carbocycles. The zero-order valence-electron chi connectivity index (χ0n) is 8.64. The molecule has 0 atom stereocenters. The fraction of sp³-hybridized carbons (Fsp3) is 0.385. The Hall–Kier alpha value is -1.24. The van der Waals surface area contributed by atoms with Crippen molar-refractivity contribution in [2.75, 3.05) is 0 Å². The molecule has 0 heterocycles. The van der Waals surface area contributed by atoms with Crippen LogP contribution in [0.15, 0.2) is 24.3 Å². The van der Waals surface area contributed by atoms with E-state index in [4.69, 9.17) is 0 Å². The van der Waals surface area contributed by atoms with E-state index in [2.05, 4.69) is 12.6 Å². The summed E-state index contributed by atoms with van der Waals surface area (Å²) in [6.45, 7) is 5.87. The predicted octanol–water partition coefficient (Wildman–Crippen LogP) is 3.00. The molecule has 2 rings (SSSR count). The van der Waals surface area contributed by atoms with Gasteiger partial charge in [0, 0.05) is 0 Å². The van der Waals surface area contributed by atoms with Crippen LogP contribution in [0, 0.1) is 0 Å². The van der Waals surface area contributed by atoms with Gasteiger partial charge in [-0.3, -0.25) is 0 Å². The Kier molecular flexibility index (Phi) is 2.32. The van der Waals surface area contributed by atoms with E-state index in [1.165, 1.54) is 24.0 Å². The molecule has 0 saturated heterocycles. The molecule has 1 aromatic rings. The van der Waals surface area contributed by atoms with E-state index in [9.17, 15) is 5.11 Å². The van der Waals surface area contributed by atoms with Crippen molar-refractivity contribution >= 4 is 0 Å². The van der Waals surface area contributed by atoms with Crippen molar-refractivity contribution in [3.05, 3.63) is 41.0 Å². The van der Waals surface area contributed by atoms with Crippen LogP contribution in [0.5, 0.6) is 5.75 Å². The van der Waals surface area contributed by atoms with Gasteiger partial charge in [0.2, 0.25) is 0 Å². The molecule has 1 aliphatic rings. The molecule has 0 unspecified atom stereocenters. The molecule has 0 aliphatic heterocycles. The highest BCUT2D eigenvalue weighted by Crippen LogP contribution is 2.30. The van der Waals surface area contributed by atoms with Crippen molar-refractivity contribution in [3.63, 3.8) is 0 Å². The first-order valence-corrected chi connectivity index (χ1v) is 5.15. The van der Waals surface area contributed by atoms with Crippen LogP contribution in [0.3, 0.4) is 0 Å². The van der Waals surface area contributed by atoms with Crippen LogP contribution in [0.1, 0.15) is 30.0 Å². The van der Waals surface area contributed by atoms with Gasteiger partial charge in [-0.1, -0.05) is 18.2 Å². The van der Waals surface area contributed by atoms with E-state index in [1.54, 1.807) is 0 Å². The number of phenols is 1. The molecule has 1 N–H and O–H groups in total. The van der Waals surface area contributed by atoms with Gasteiger partial charge in [-0.05, 0) is 55.4 Å². The molecule has 1 nitrogen and oxygen atoms in total. The molecule has 1 aliphatic carbocycles. The second kappa shape index (κ2) is 3.49. The highest BCUT2D eigenvalue weighted by Gasteiger charge is 2.13. The van der Waals surface area contributed by atoms with Gasteiger partial charge in [-0.2, -0.15) is 0 Å². The summed E-state index contributed by atoms with van der Waals surface area (Å²) in [4.78, 5) is 0. The Bertz CT molecular complexity index is 377. The summed E-state index contributed by atoms with van der Waals surface area (Å²) in [5, 5.41) is 9.78. The van der Waals surface area contributed by atoms with Gasteiger partial charge >= 0.3 is 0 Å². The minimum Gasteiger partial charge on any atom is -0.508 e. The number of rotatable bonds is 2. The van der Waals surface area contributed by atoms with Crippen LogP contribution in [0.2, 0.25) is 0 Å². The van der Waals surface area contributed by atoms with Gasteiger partial charge in [-0.25, -0.2) is 0 Å². The van der Waals surface area contributed by atoms with Gasteiger partial charge in [0.1, 0.15) is 5.75 Å². The lowest BCUT2D eigenvalue weighted by atomic mass is 10.0.